The van der Waals surface area contributed by atoms with E-state index in [0.29, 0.717) is 0 Å². The average molecular weight is 186 g/mol. The Labute approximate surface area is 84.8 Å². The molecule has 0 aliphatic heterocycles. The van der Waals surface area contributed by atoms with Crippen molar-refractivity contribution in [1.82, 2.24) is 15.2 Å². The van der Waals surface area contributed by atoms with Crippen LogP contribution in [0.5, 0.6) is 0 Å². The molecule has 9 heteroatoms. The Morgan fingerprint density at radius 1 is 1.64 bits per heavy atom. The van der Waals surface area contributed by atoms with Crippen LogP contribution < -0.4 is 34.3 Å². The Balaban J connectivity index is 0.000001000. The van der Waals surface area contributed by atoms with Crippen molar-refractivity contribution in [1.29, 1.82) is 0 Å². The van der Waals surface area contributed by atoms with Gasteiger partial charge >= 0.3 is 29.6 Å². The molecule has 56 valence electrons. The molecule has 0 unspecified atom stereocenters. The van der Waals surface area contributed by atoms with Gasteiger partial charge in [-0.1, -0.05) is 0 Å². The van der Waals surface area contributed by atoms with E-state index in [4.69, 9.17) is 0 Å². The summed E-state index contributed by atoms with van der Waals surface area (Å²) in [6, 6.07) is 0. The Morgan fingerprint density at radius 3 is 2.64 bits per heavy atom. The molecule has 0 aromatic carbocycles. The summed E-state index contributed by atoms with van der Waals surface area (Å²) in [5.74, 6) is -0.185. The maximum Gasteiger partial charge on any atom is 1.00 e. The normalized spacial score (nSPS) is 10.3. The van der Waals surface area contributed by atoms with Crippen LogP contribution >= 0.6 is 0 Å². The molecule has 1 heterocycles. The van der Waals surface area contributed by atoms with Gasteiger partial charge in [-0.2, -0.15) is 10.1 Å². The van der Waals surface area contributed by atoms with Crippen LogP contribution in [0.25, 0.3) is 0 Å². The van der Waals surface area contributed by atoms with Crippen LogP contribution in [0.2, 0.25) is 0 Å². The second-order valence-corrected chi connectivity index (χ2v) is 2.50. The molecule has 0 amide bonds. The minimum absolute atomic E-state index is 0. The smallest absolute Gasteiger partial charge is 0.731 e. The van der Waals surface area contributed by atoms with Crippen LogP contribution in [0.4, 0.5) is 5.95 Å². The molecule has 0 saturated carbocycles. The third kappa shape index (κ3) is 4.32. The fraction of sp³-hybridized carbons (Fsp3) is 0. The van der Waals surface area contributed by atoms with Crippen LogP contribution in [0.3, 0.4) is 0 Å². The number of aromatic nitrogens is 3. The summed E-state index contributed by atoms with van der Waals surface area (Å²) in [4.78, 5) is 3.34. The predicted molar refractivity (Wildman–Crippen MR) is 29.7 cm³/mol. The van der Waals surface area contributed by atoms with Gasteiger partial charge in [-0.25, -0.2) is 13.5 Å². The number of anilines is 1. The van der Waals surface area contributed by atoms with E-state index >= 15 is 0 Å². The molecular weight excluding hydrogens is 183 g/mol. The maximum absolute atomic E-state index is 9.94. The van der Waals surface area contributed by atoms with Crippen molar-refractivity contribution in [2.45, 2.75) is 0 Å². The predicted octanol–water partition coefficient (Wildman–Crippen LogP) is -4.32. The van der Waals surface area contributed by atoms with Crippen molar-refractivity contribution in [3.05, 3.63) is 6.33 Å². The van der Waals surface area contributed by atoms with Crippen molar-refractivity contribution < 1.29 is 42.5 Å². The second kappa shape index (κ2) is 4.02. The van der Waals surface area contributed by atoms with Gasteiger partial charge in [0.25, 0.3) is 0 Å². The van der Waals surface area contributed by atoms with Gasteiger partial charge in [0.05, 0.1) is 0 Å². The Hall–Kier alpha value is -0.150. The summed E-state index contributed by atoms with van der Waals surface area (Å²) >= 11 is 0. The summed E-state index contributed by atoms with van der Waals surface area (Å²) < 4.78 is 31.4. The zero-order valence-corrected chi connectivity index (χ0v) is 8.42. The minimum Gasteiger partial charge on any atom is -0.731 e. The molecule has 0 saturated heterocycles. The first-order chi connectivity index (χ1) is 4.58. The average Bonchev–Trinajstić information content (AvgIpc) is 2.12. The van der Waals surface area contributed by atoms with Gasteiger partial charge in [-0.3, -0.25) is 4.72 Å². The first-order valence-electron chi connectivity index (χ1n) is 2.17. The minimum atomic E-state index is -4.48. The van der Waals surface area contributed by atoms with E-state index in [1.807, 2.05) is 0 Å². The first kappa shape index (κ1) is 10.8. The Morgan fingerprint density at radius 2 is 2.27 bits per heavy atom. The molecule has 7 nitrogen and oxygen atoms in total. The first-order valence-corrected chi connectivity index (χ1v) is 3.58. The molecule has 11 heavy (non-hydrogen) atoms. The third-order valence-corrected chi connectivity index (χ3v) is 1.08. The molecule has 0 aliphatic rings. The van der Waals surface area contributed by atoms with Gasteiger partial charge in [-0.15, -0.1) is 0 Å². The zero-order chi connectivity index (χ0) is 7.61. The third-order valence-electron chi connectivity index (χ3n) is 0.637. The van der Waals surface area contributed by atoms with Crippen LogP contribution in [-0.2, 0) is 10.3 Å². The quantitative estimate of drug-likeness (QED) is 0.358. The number of hydrogen-bond donors (Lipinski definition) is 2. The number of nitrogens with one attached hydrogen (secondary N) is 2. The van der Waals surface area contributed by atoms with Crippen molar-refractivity contribution >= 4 is 16.3 Å². The van der Waals surface area contributed by atoms with Gasteiger partial charge in [0, 0.05) is 0 Å². The second-order valence-electron chi connectivity index (χ2n) is 1.39. The Kier molecular flexibility index (Phi) is 3.97. The molecule has 1 rings (SSSR count). The zero-order valence-electron chi connectivity index (χ0n) is 5.60. The standard InChI is InChI=1S/C2H4N4O3S.Na/c7-10(8,9)6-2-3-1-4-5-2;/h1H,(H,7,8,9)(H2,3,4,5,6);/q;+1/p-1. The van der Waals surface area contributed by atoms with Crippen molar-refractivity contribution in [2.75, 3.05) is 4.72 Å². The summed E-state index contributed by atoms with van der Waals surface area (Å²) in [5.41, 5.74) is 0. The number of H-pyrrole nitrogens is 1. The Bertz CT molecular complexity index is 293. The fourth-order valence-electron chi connectivity index (χ4n) is 0.373. The van der Waals surface area contributed by atoms with Gasteiger partial charge in [0.1, 0.15) is 6.33 Å². The van der Waals surface area contributed by atoms with E-state index in [9.17, 15) is 13.0 Å². The van der Waals surface area contributed by atoms with Crippen LogP contribution in [-0.4, -0.2) is 28.2 Å². The molecule has 0 radical (unpaired) electrons. The van der Waals surface area contributed by atoms with E-state index in [1.165, 1.54) is 0 Å². The van der Waals surface area contributed by atoms with E-state index in [0.717, 1.165) is 6.33 Å². The number of rotatable bonds is 2. The SMILES string of the molecule is O=S(=O)([O-])Nc1ncn[nH]1.[Na+]. The number of hydrogen-bond acceptors (Lipinski definition) is 5. The molecule has 1 aromatic rings. The largest absolute Gasteiger partial charge is 1.00 e. The summed E-state index contributed by atoms with van der Waals surface area (Å²) in [6.45, 7) is 0. The maximum atomic E-state index is 9.94. The number of aromatic amines is 1. The van der Waals surface area contributed by atoms with Gasteiger partial charge in [0.2, 0.25) is 5.95 Å². The molecule has 0 spiro atoms. The topological polar surface area (TPSA) is 111 Å². The van der Waals surface area contributed by atoms with E-state index in [2.05, 4.69) is 15.2 Å². The van der Waals surface area contributed by atoms with Crippen LogP contribution in [0.1, 0.15) is 0 Å². The van der Waals surface area contributed by atoms with E-state index in [1.54, 1.807) is 4.72 Å². The molecule has 1 aromatic heterocycles. The van der Waals surface area contributed by atoms with Crippen molar-refractivity contribution in [3.8, 4) is 0 Å². The van der Waals surface area contributed by atoms with Gasteiger partial charge in [-0.05, 0) is 0 Å². The van der Waals surface area contributed by atoms with Gasteiger partial charge < -0.3 is 4.55 Å². The monoisotopic (exact) mass is 186 g/mol. The summed E-state index contributed by atoms with van der Waals surface area (Å²) in [5, 5.41) is 5.45. The van der Waals surface area contributed by atoms with Crippen molar-refractivity contribution in [3.63, 3.8) is 0 Å². The van der Waals surface area contributed by atoms with E-state index in [-0.39, 0.29) is 35.5 Å². The molecule has 2 N–H and O–H groups in total. The van der Waals surface area contributed by atoms with Crippen molar-refractivity contribution in [2.24, 2.45) is 0 Å². The molecule has 0 atom stereocenters. The number of nitrogens with zero attached hydrogens (tertiary/aromatic N) is 2. The molecule has 0 aliphatic carbocycles. The van der Waals surface area contributed by atoms with Gasteiger partial charge in [0.15, 0.2) is 10.3 Å². The molecular formula is C2H3N4NaO3S. The summed E-state index contributed by atoms with van der Waals surface area (Å²) in [6.07, 6.45) is 1.08. The van der Waals surface area contributed by atoms with Crippen LogP contribution in [0.15, 0.2) is 6.33 Å². The van der Waals surface area contributed by atoms with Crippen LogP contribution in [0, 0.1) is 0 Å². The van der Waals surface area contributed by atoms with E-state index < -0.39 is 10.3 Å². The fourth-order valence-corrected chi connectivity index (χ4v) is 0.708. The molecule has 0 bridgehead atoms. The summed E-state index contributed by atoms with van der Waals surface area (Å²) in [7, 11) is -4.48. The molecule has 0 fully saturated rings.